The van der Waals surface area contributed by atoms with Gasteiger partial charge in [-0.15, -0.1) is 0 Å². The average Bonchev–Trinajstić information content (AvgIpc) is 2.97. The second kappa shape index (κ2) is 5.64. The van der Waals surface area contributed by atoms with Gasteiger partial charge in [0.05, 0.1) is 18.8 Å². The number of aryl methyl sites for hydroxylation is 2. The summed E-state index contributed by atoms with van der Waals surface area (Å²) >= 11 is 0. The number of imidazole rings is 1. The fraction of sp³-hybridized carbons (Fsp3) is 0.556. The van der Waals surface area contributed by atoms with Crippen LogP contribution in [-0.4, -0.2) is 34.7 Å². The third kappa shape index (κ3) is 2.85. The van der Waals surface area contributed by atoms with Crippen molar-refractivity contribution in [2.45, 2.75) is 33.4 Å². The predicted molar refractivity (Wildman–Crippen MR) is 89.6 cm³/mol. The van der Waals surface area contributed by atoms with E-state index in [1.807, 2.05) is 6.92 Å². The normalized spacial score (nSPS) is 22.5. The van der Waals surface area contributed by atoms with Crippen LogP contribution in [0, 0.1) is 25.7 Å². The van der Waals surface area contributed by atoms with E-state index < -0.39 is 0 Å². The maximum Gasteiger partial charge on any atom is 0.128 e. The first-order valence-electron chi connectivity index (χ1n) is 8.37. The van der Waals surface area contributed by atoms with Crippen molar-refractivity contribution in [1.82, 2.24) is 14.5 Å². The van der Waals surface area contributed by atoms with E-state index in [0.29, 0.717) is 6.61 Å². The van der Waals surface area contributed by atoms with Gasteiger partial charge in [-0.05, 0) is 43.7 Å². The molecule has 23 heavy (non-hydrogen) atoms. The summed E-state index contributed by atoms with van der Waals surface area (Å²) in [6.07, 6.45) is 3.50. The number of nitrogens with zero attached hydrogens (tertiary/aromatic N) is 4. The maximum atomic E-state index is 5.16. The Morgan fingerprint density at radius 1 is 1.17 bits per heavy atom. The van der Waals surface area contributed by atoms with E-state index in [1.165, 1.54) is 25.1 Å². The van der Waals surface area contributed by atoms with Crippen LogP contribution < -0.4 is 4.90 Å². The van der Waals surface area contributed by atoms with Gasteiger partial charge in [-0.25, -0.2) is 9.97 Å². The van der Waals surface area contributed by atoms with Gasteiger partial charge in [-0.3, -0.25) is 0 Å². The Labute approximate surface area is 137 Å². The predicted octanol–water partition coefficient (Wildman–Crippen LogP) is 2.55. The first kappa shape index (κ1) is 14.7. The highest BCUT2D eigenvalue weighted by molar-refractivity contribution is 5.44. The molecule has 1 saturated carbocycles. The van der Waals surface area contributed by atoms with Crippen LogP contribution >= 0.6 is 0 Å². The molecule has 0 spiro atoms. The zero-order valence-corrected chi connectivity index (χ0v) is 14.1. The third-order valence-corrected chi connectivity index (χ3v) is 5.14. The van der Waals surface area contributed by atoms with E-state index in [9.17, 15) is 0 Å². The molecule has 2 aromatic rings. The Kier molecular flexibility index (Phi) is 3.60. The molecule has 2 aliphatic rings. The minimum atomic E-state index is 0.557. The van der Waals surface area contributed by atoms with Crippen LogP contribution in [0.25, 0.3) is 0 Å². The molecule has 1 aliphatic carbocycles. The van der Waals surface area contributed by atoms with Crippen LogP contribution in [-0.2, 0) is 17.9 Å². The highest BCUT2D eigenvalue weighted by Gasteiger charge is 2.45. The number of anilines is 1. The molecule has 1 saturated heterocycles. The lowest BCUT2D eigenvalue weighted by atomic mass is 10.2. The molecule has 5 nitrogen and oxygen atoms in total. The van der Waals surface area contributed by atoms with Crippen molar-refractivity contribution in [3.63, 3.8) is 0 Å². The van der Waals surface area contributed by atoms with E-state index in [0.717, 1.165) is 41.4 Å². The summed E-state index contributed by atoms with van der Waals surface area (Å²) in [5, 5.41) is 0. The number of ether oxygens (including phenoxy) is 1. The molecule has 0 aromatic carbocycles. The lowest BCUT2D eigenvalue weighted by molar-refractivity contribution is 0.181. The quantitative estimate of drug-likeness (QED) is 0.851. The monoisotopic (exact) mass is 312 g/mol. The molecule has 2 unspecified atom stereocenters. The Hall–Kier alpha value is -1.88. The molecular formula is C18H24N4O. The van der Waals surface area contributed by atoms with E-state index >= 15 is 0 Å². The van der Waals surface area contributed by atoms with Gasteiger partial charge in [0.15, 0.2) is 0 Å². The van der Waals surface area contributed by atoms with Crippen LogP contribution in [0.1, 0.15) is 29.2 Å². The molecule has 3 heterocycles. The number of piperidine rings is 1. The number of rotatable bonds is 5. The highest BCUT2D eigenvalue weighted by atomic mass is 16.5. The van der Waals surface area contributed by atoms with Crippen molar-refractivity contribution in [2.75, 3.05) is 25.1 Å². The van der Waals surface area contributed by atoms with Gasteiger partial charge < -0.3 is 14.2 Å². The standard InChI is InChI=1S/C18H24N4O/c1-12-14(7-21-10-17(11-23-3)20-13(21)2)4-5-18(19-12)22-8-15-6-16(15)9-22/h4-5,10,15-16H,6-9,11H2,1-3H3. The third-order valence-electron chi connectivity index (χ3n) is 5.14. The number of pyridine rings is 1. The minimum Gasteiger partial charge on any atom is -0.378 e. The van der Waals surface area contributed by atoms with Gasteiger partial charge in [-0.2, -0.15) is 0 Å². The second-order valence-corrected chi connectivity index (χ2v) is 6.92. The van der Waals surface area contributed by atoms with Gasteiger partial charge in [0.2, 0.25) is 0 Å². The molecule has 4 rings (SSSR count). The molecule has 5 heteroatoms. The summed E-state index contributed by atoms with van der Waals surface area (Å²) in [6, 6.07) is 4.40. The Bertz CT molecular complexity index is 714. The number of hydrogen-bond donors (Lipinski definition) is 0. The molecule has 0 N–H and O–H groups in total. The van der Waals surface area contributed by atoms with Crippen LogP contribution in [0.4, 0.5) is 5.82 Å². The molecule has 0 bridgehead atoms. The SMILES string of the molecule is COCc1cn(Cc2ccc(N3CC4CC4C3)nc2C)c(C)n1. The zero-order valence-electron chi connectivity index (χ0n) is 14.1. The van der Waals surface area contributed by atoms with Crippen molar-refractivity contribution >= 4 is 5.82 Å². The molecule has 1 aliphatic heterocycles. The van der Waals surface area contributed by atoms with E-state index in [-0.39, 0.29) is 0 Å². The van der Waals surface area contributed by atoms with Crippen molar-refractivity contribution in [3.8, 4) is 0 Å². The summed E-state index contributed by atoms with van der Waals surface area (Å²) in [7, 11) is 1.70. The number of methoxy groups -OCH3 is 1. The zero-order chi connectivity index (χ0) is 16.0. The summed E-state index contributed by atoms with van der Waals surface area (Å²) in [4.78, 5) is 11.8. The van der Waals surface area contributed by atoms with Gasteiger partial charge in [0.25, 0.3) is 0 Å². The van der Waals surface area contributed by atoms with Crippen LogP contribution in [0.2, 0.25) is 0 Å². The van der Waals surface area contributed by atoms with Crippen molar-refractivity contribution < 1.29 is 4.74 Å². The smallest absolute Gasteiger partial charge is 0.128 e. The summed E-state index contributed by atoms with van der Waals surface area (Å²) in [6.45, 7) is 7.90. The molecule has 122 valence electrons. The lowest BCUT2D eigenvalue weighted by Crippen LogP contribution is -2.23. The molecule has 0 amide bonds. The molecule has 0 radical (unpaired) electrons. The maximum absolute atomic E-state index is 5.16. The van der Waals surface area contributed by atoms with E-state index in [4.69, 9.17) is 9.72 Å². The van der Waals surface area contributed by atoms with Gasteiger partial charge in [-0.1, -0.05) is 6.07 Å². The second-order valence-electron chi connectivity index (χ2n) is 6.92. The number of aromatic nitrogens is 3. The summed E-state index contributed by atoms with van der Waals surface area (Å²) in [5.41, 5.74) is 3.34. The van der Waals surface area contributed by atoms with Gasteiger partial charge in [0.1, 0.15) is 11.6 Å². The van der Waals surface area contributed by atoms with Crippen molar-refractivity contribution in [1.29, 1.82) is 0 Å². The minimum absolute atomic E-state index is 0.557. The van der Waals surface area contributed by atoms with Gasteiger partial charge >= 0.3 is 0 Å². The highest BCUT2D eigenvalue weighted by Crippen LogP contribution is 2.45. The fourth-order valence-corrected chi connectivity index (χ4v) is 3.64. The Balaban J connectivity index is 1.50. The van der Waals surface area contributed by atoms with Crippen LogP contribution in [0.5, 0.6) is 0 Å². The number of fused-ring (bicyclic) bond motifs is 1. The number of hydrogen-bond acceptors (Lipinski definition) is 4. The topological polar surface area (TPSA) is 43.2 Å². The van der Waals surface area contributed by atoms with Crippen molar-refractivity contribution in [2.24, 2.45) is 11.8 Å². The Morgan fingerprint density at radius 3 is 2.65 bits per heavy atom. The first-order valence-corrected chi connectivity index (χ1v) is 8.37. The van der Waals surface area contributed by atoms with E-state index in [2.05, 4.69) is 39.7 Å². The largest absolute Gasteiger partial charge is 0.378 e. The molecule has 2 fully saturated rings. The molecular weight excluding hydrogens is 288 g/mol. The lowest BCUT2D eigenvalue weighted by Gasteiger charge is -2.20. The summed E-state index contributed by atoms with van der Waals surface area (Å²) < 4.78 is 7.33. The van der Waals surface area contributed by atoms with Gasteiger partial charge in [0, 0.05) is 32.1 Å². The van der Waals surface area contributed by atoms with Crippen LogP contribution in [0.15, 0.2) is 18.3 Å². The summed E-state index contributed by atoms with van der Waals surface area (Å²) in [5.74, 6) is 4.02. The van der Waals surface area contributed by atoms with Crippen LogP contribution in [0.3, 0.4) is 0 Å². The fourth-order valence-electron chi connectivity index (χ4n) is 3.64. The average molecular weight is 312 g/mol. The Morgan fingerprint density at radius 2 is 1.96 bits per heavy atom. The van der Waals surface area contributed by atoms with E-state index in [1.54, 1.807) is 7.11 Å². The first-order chi connectivity index (χ1) is 11.1. The molecule has 2 atom stereocenters. The van der Waals surface area contributed by atoms with Crippen molar-refractivity contribution in [3.05, 3.63) is 41.1 Å². The molecule has 2 aromatic heterocycles.